The largest absolute Gasteiger partial charge is 0.573 e. The van der Waals surface area contributed by atoms with Gasteiger partial charge in [0.2, 0.25) is 10.0 Å². The highest BCUT2D eigenvalue weighted by molar-refractivity contribution is 7.89. The van der Waals surface area contributed by atoms with Crippen LogP contribution in [0.4, 0.5) is 18.9 Å². The minimum atomic E-state index is -4.99. The van der Waals surface area contributed by atoms with Crippen molar-refractivity contribution in [1.82, 2.24) is 4.31 Å². The van der Waals surface area contributed by atoms with Crippen molar-refractivity contribution in [2.75, 3.05) is 31.1 Å². The first-order chi connectivity index (χ1) is 12.7. The van der Waals surface area contributed by atoms with Crippen LogP contribution in [-0.4, -0.2) is 50.4 Å². The van der Waals surface area contributed by atoms with Crippen LogP contribution >= 0.6 is 0 Å². The van der Waals surface area contributed by atoms with E-state index in [0.29, 0.717) is 13.1 Å². The molecule has 0 aromatic heterocycles. The van der Waals surface area contributed by atoms with E-state index < -0.39 is 27.0 Å². The molecule has 146 valence electrons. The Bertz CT molecular complexity index is 910. The number of para-hydroxylation sites is 1. The Balaban J connectivity index is 1.78. The van der Waals surface area contributed by atoms with Crippen molar-refractivity contribution in [3.05, 3.63) is 48.5 Å². The molecular weight excluding hydrogens is 385 g/mol. The number of ether oxygens (including phenoxy) is 1. The molecule has 1 N–H and O–H groups in total. The van der Waals surface area contributed by atoms with E-state index in [-0.39, 0.29) is 18.8 Å². The smallest absolute Gasteiger partial charge is 0.508 e. The fourth-order valence-corrected chi connectivity index (χ4v) is 4.42. The third-order valence-electron chi connectivity index (χ3n) is 4.13. The molecule has 3 rings (SSSR count). The number of halogens is 3. The van der Waals surface area contributed by atoms with Gasteiger partial charge in [-0.25, -0.2) is 8.42 Å². The van der Waals surface area contributed by atoms with Gasteiger partial charge in [-0.15, -0.1) is 13.2 Å². The van der Waals surface area contributed by atoms with Crippen LogP contribution < -0.4 is 9.64 Å². The lowest BCUT2D eigenvalue weighted by Crippen LogP contribution is -2.48. The average Bonchev–Trinajstić information content (AvgIpc) is 2.61. The zero-order chi connectivity index (χ0) is 19.7. The monoisotopic (exact) mass is 402 g/mol. The number of rotatable bonds is 4. The summed E-state index contributed by atoms with van der Waals surface area (Å²) in [5, 5.41) is 9.56. The van der Waals surface area contributed by atoms with E-state index in [2.05, 4.69) is 4.74 Å². The number of nitrogens with zero attached hydrogens (tertiary/aromatic N) is 2. The molecule has 10 heteroatoms. The van der Waals surface area contributed by atoms with Crippen LogP contribution in [0.5, 0.6) is 11.5 Å². The molecule has 0 amide bonds. The molecule has 0 bridgehead atoms. The summed E-state index contributed by atoms with van der Waals surface area (Å²) >= 11 is 0. The summed E-state index contributed by atoms with van der Waals surface area (Å²) in [6.45, 7) is 0.868. The lowest BCUT2D eigenvalue weighted by atomic mass is 10.2. The summed E-state index contributed by atoms with van der Waals surface area (Å²) in [5.41, 5.74) is 0.743. The number of anilines is 1. The van der Waals surface area contributed by atoms with E-state index >= 15 is 0 Å². The normalized spacial score (nSPS) is 16.3. The molecule has 0 unspecified atom stereocenters. The maximum absolute atomic E-state index is 12.8. The molecule has 0 saturated carbocycles. The third kappa shape index (κ3) is 4.45. The van der Waals surface area contributed by atoms with Gasteiger partial charge in [0.05, 0.1) is 0 Å². The molecule has 1 aliphatic rings. The second kappa shape index (κ2) is 7.28. The van der Waals surface area contributed by atoms with Gasteiger partial charge in [0, 0.05) is 37.9 Å². The number of hydrogen-bond donors (Lipinski definition) is 1. The van der Waals surface area contributed by atoms with Gasteiger partial charge in [0.15, 0.2) is 0 Å². The average molecular weight is 402 g/mol. The molecule has 2 aromatic carbocycles. The zero-order valence-corrected chi connectivity index (χ0v) is 14.9. The van der Waals surface area contributed by atoms with Gasteiger partial charge in [-0.1, -0.05) is 18.2 Å². The minimum Gasteiger partial charge on any atom is -0.508 e. The number of alkyl halides is 3. The summed E-state index contributed by atoms with van der Waals surface area (Å²) in [6.07, 6.45) is -4.99. The van der Waals surface area contributed by atoms with Crippen molar-refractivity contribution in [2.24, 2.45) is 0 Å². The summed E-state index contributed by atoms with van der Waals surface area (Å²) in [5.74, 6) is -0.652. The fourth-order valence-electron chi connectivity index (χ4n) is 2.89. The predicted molar refractivity (Wildman–Crippen MR) is 92.2 cm³/mol. The number of aromatic hydroxyl groups is 1. The fraction of sp³-hybridized carbons (Fsp3) is 0.294. The number of hydrogen-bond acceptors (Lipinski definition) is 5. The third-order valence-corrected chi connectivity index (χ3v) is 6.06. The van der Waals surface area contributed by atoms with Crippen LogP contribution in [0.3, 0.4) is 0 Å². The van der Waals surface area contributed by atoms with Crippen molar-refractivity contribution in [3.8, 4) is 11.5 Å². The quantitative estimate of drug-likeness (QED) is 0.852. The second-order valence-electron chi connectivity index (χ2n) is 5.91. The van der Waals surface area contributed by atoms with Crippen LogP contribution in [0.15, 0.2) is 53.4 Å². The molecule has 0 radical (unpaired) electrons. The van der Waals surface area contributed by atoms with Crippen LogP contribution in [-0.2, 0) is 10.0 Å². The molecule has 0 atom stereocenters. The van der Waals surface area contributed by atoms with E-state index in [9.17, 15) is 26.7 Å². The maximum atomic E-state index is 12.8. The molecule has 2 aromatic rings. The molecule has 1 saturated heterocycles. The lowest BCUT2D eigenvalue weighted by Gasteiger charge is -2.35. The van der Waals surface area contributed by atoms with Crippen molar-refractivity contribution < 1.29 is 31.4 Å². The number of phenols is 1. The first-order valence-electron chi connectivity index (χ1n) is 8.06. The van der Waals surface area contributed by atoms with Gasteiger partial charge in [0.25, 0.3) is 0 Å². The first-order valence-corrected chi connectivity index (χ1v) is 9.50. The van der Waals surface area contributed by atoms with Gasteiger partial charge >= 0.3 is 6.36 Å². The highest BCUT2D eigenvalue weighted by Gasteiger charge is 2.36. The predicted octanol–water partition coefficient (Wildman–Crippen LogP) is 2.80. The topological polar surface area (TPSA) is 70.1 Å². The van der Waals surface area contributed by atoms with Gasteiger partial charge in [-0.3, -0.25) is 0 Å². The second-order valence-corrected chi connectivity index (χ2v) is 7.81. The van der Waals surface area contributed by atoms with Crippen LogP contribution in [0.2, 0.25) is 0 Å². The first kappa shape index (κ1) is 19.3. The summed E-state index contributed by atoms with van der Waals surface area (Å²) in [7, 11) is -4.15. The van der Waals surface area contributed by atoms with E-state index in [0.717, 1.165) is 22.1 Å². The number of phenolic OH excluding ortho intramolecular Hbond substituents is 1. The van der Waals surface area contributed by atoms with E-state index in [4.69, 9.17) is 0 Å². The van der Waals surface area contributed by atoms with Crippen molar-refractivity contribution in [3.63, 3.8) is 0 Å². The van der Waals surface area contributed by atoms with Crippen molar-refractivity contribution in [2.45, 2.75) is 11.3 Å². The molecular formula is C17H17F3N2O4S. The Hall–Kier alpha value is -2.46. The molecule has 0 aliphatic carbocycles. The molecule has 6 nitrogen and oxygen atoms in total. The molecule has 27 heavy (non-hydrogen) atoms. The molecule has 0 spiro atoms. The Labute approximate surface area is 154 Å². The number of benzene rings is 2. The summed E-state index contributed by atoms with van der Waals surface area (Å²) in [4.78, 5) is 1.37. The Morgan fingerprint density at radius 3 is 2.26 bits per heavy atom. The number of sulfonamides is 1. The highest BCUT2D eigenvalue weighted by atomic mass is 32.2. The Morgan fingerprint density at radius 1 is 0.963 bits per heavy atom. The van der Waals surface area contributed by atoms with Gasteiger partial charge in [-0.05, 0) is 24.3 Å². The van der Waals surface area contributed by atoms with Gasteiger partial charge < -0.3 is 14.7 Å². The zero-order valence-electron chi connectivity index (χ0n) is 14.1. The van der Waals surface area contributed by atoms with Gasteiger partial charge in [0.1, 0.15) is 16.4 Å². The van der Waals surface area contributed by atoms with Crippen LogP contribution in [0, 0.1) is 0 Å². The number of piperazine rings is 1. The van der Waals surface area contributed by atoms with E-state index in [1.165, 1.54) is 18.2 Å². The summed E-state index contributed by atoms with van der Waals surface area (Å²) < 4.78 is 68.3. The van der Waals surface area contributed by atoms with E-state index in [1.54, 1.807) is 18.2 Å². The lowest BCUT2D eigenvalue weighted by molar-refractivity contribution is -0.275. The SMILES string of the molecule is O=S(=O)(c1ccccc1OC(F)(F)F)N1CCN(c2cccc(O)c2)CC1. The van der Waals surface area contributed by atoms with Crippen molar-refractivity contribution in [1.29, 1.82) is 0 Å². The van der Waals surface area contributed by atoms with Crippen LogP contribution in [0.1, 0.15) is 0 Å². The molecule has 1 fully saturated rings. The standard InChI is InChI=1S/C17H17F3N2O4S/c18-17(19,20)26-15-6-1-2-7-16(15)27(24,25)22-10-8-21(9-11-22)13-4-3-5-14(23)12-13/h1-7,12,23H,8-11H2. The highest BCUT2D eigenvalue weighted by Crippen LogP contribution is 2.32. The van der Waals surface area contributed by atoms with Crippen molar-refractivity contribution >= 4 is 15.7 Å². The Morgan fingerprint density at radius 2 is 1.63 bits per heavy atom. The van der Waals surface area contributed by atoms with Crippen LogP contribution in [0.25, 0.3) is 0 Å². The maximum Gasteiger partial charge on any atom is 0.573 e. The van der Waals surface area contributed by atoms with Gasteiger partial charge in [-0.2, -0.15) is 4.31 Å². The Kier molecular flexibility index (Phi) is 5.20. The minimum absolute atomic E-state index is 0.0956. The summed E-state index contributed by atoms with van der Waals surface area (Å²) in [6, 6.07) is 11.3. The van der Waals surface area contributed by atoms with E-state index in [1.807, 2.05) is 4.90 Å². The molecule has 1 aliphatic heterocycles. The molecule has 1 heterocycles.